The Morgan fingerprint density at radius 1 is 1.80 bits per heavy atom. The van der Waals surface area contributed by atoms with Gasteiger partial charge in [-0.25, -0.2) is 0 Å². The number of nitrogens with zero attached hydrogens (tertiary/aromatic N) is 1. The summed E-state index contributed by atoms with van der Waals surface area (Å²) < 4.78 is 0. The summed E-state index contributed by atoms with van der Waals surface area (Å²) >= 11 is 0. The molecule has 10 heavy (non-hydrogen) atoms. The third-order valence-electron chi connectivity index (χ3n) is 1.77. The van der Waals surface area contributed by atoms with Crippen LogP contribution in [0.15, 0.2) is 0 Å². The summed E-state index contributed by atoms with van der Waals surface area (Å²) in [6.45, 7) is 1.68. The molecule has 0 spiro atoms. The normalized spacial score (nSPS) is 24.1. The van der Waals surface area contributed by atoms with E-state index in [0.29, 0.717) is 0 Å². The highest BCUT2D eigenvalue weighted by atomic mass is 16.1. The predicted molar refractivity (Wildman–Crippen MR) is 36.2 cm³/mol. The van der Waals surface area contributed by atoms with Gasteiger partial charge in [0.1, 0.15) is 0 Å². The molecule has 0 aromatic heterocycles. The fourth-order valence-corrected chi connectivity index (χ4v) is 1.15. The Balaban J connectivity index is 2.34. The Bertz CT molecular complexity index is 165. The van der Waals surface area contributed by atoms with Crippen LogP contribution in [0.25, 0.3) is 0 Å². The molecule has 1 aliphatic heterocycles. The second-order valence-corrected chi connectivity index (χ2v) is 2.49. The summed E-state index contributed by atoms with van der Waals surface area (Å²) in [5.41, 5.74) is 0. The minimum Gasteiger partial charge on any atom is -0.316 e. The molecule has 1 aliphatic rings. The molecule has 3 heteroatoms. The van der Waals surface area contributed by atoms with Crippen LogP contribution in [0.5, 0.6) is 0 Å². The van der Waals surface area contributed by atoms with Gasteiger partial charge in [0.25, 0.3) is 0 Å². The number of Topliss-reactive ketones (excluding diaryl/α,β-unsaturated/α-hetero) is 1. The molecule has 1 saturated heterocycles. The SMILES string of the molecule is N#CCC(=O)C1CCNC1. The van der Waals surface area contributed by atoms with Gasteiger partial charge in [0.15, 0.2) is 5.78 Å². The van der Waals surface area contributed by atoms with Gasteiger partial charge in [0.2, 0.25) is 0 Å². The van der Waals surface area contributed by atoms with E-state index >= 15 is 0 Å². The van der Waals surface area contributed by atoms with E-state index in [2.05, 4.69) is 5.32 Å². The van der Waals surface area contributed by atoms with Crippen LogP contribution < -0.4 is 5.32 Å². The molecule has 1 rings (SSSR count). The Kier molecular flexibility index (Phi) is 2.41. The molecule has 54 valence electrons. The Hall–Kier alpha value is -0.880. The monoisotopic (exact) mass is 138 g/mol. The smallest absolute Gasteiger partial charge is 0.151 e. The first kappa shape index (κ1) is 7.23. The number of rotatable bonds is 2. The zero-order chi connectivity index (χ0) is 7.40. The molecule has 0 amide bonds. The van der Waals surface area contributed by atoms with Crippen LogP contribution in [0.4, 0.5) is 0 Å². The molecule has 0 saturated carbocycles. The molecule has 0 bridgehead atoms. The summed E-state index contributed by atoms with van der Waals surface area (Å²) in [4.78, 5) is 11.0. The lowest BCUT2D eigenvalue weighted by atomic mass is 10.0. The number of nitriles is 1. The standard InChI is InChI=1S/C7H10N2O/c8-3-1-7(10)6-2-4-9-5-6/h6,9H,1-2,4-5H2. The molecule has 3 nitrogen and oxygen atoms in total. The van der Waals surface area contributed by atoms with Crippen molar-refractivity contribution in [2.75, 3.05) is 13.1 Å². The number of carbonyl (C=O) groups is 1. The lowest BCUT2D eigenvalue weighted by molar-refractivity contribution is -0.121. The molecule has 1 N–H and O–H groups in total. The van der Waals surface area contributed by atoms with Crippen LogP contribution in [-0.2, 0) is 4.79 Å². The van der Waals surface area contributed by atoms with Gasteiger partial charge in [-0.2, -0.15) is 5.26 Å². The highest BCUT2D eigenvalue weighted by molar-refractivity contribution is 5.83. The number of hydrogen-bond donors (Lipinski definition) is 1. The zero-order valence-corrected chi connectivity index (χ0v) is 5.76. The molecule has 0 radical (unpaired) electrons. The second-order valence-electron chi connectivity index (χ2n) is 2.49. The number of ketones is 1. The first-order chi connectivity index (χ1) is 4.84. The second kappa shape index (κ2) is 3.33. The van der Waals surface area contributed by atoms with Crippen molar-refractivity contribution in [1.82, 2.24) is 5.32 Å². The highest BCUT2D eigenvalue weighted by Gasteiger charge is 2.21. The van der Waals surface area contributed by atoms with Gasteiger partial charge in [-0.1, -0.05) is 0 Å². The zero-order valence-electron chi connectivity index (χ0n) is 5.76. The number of nitrogens with one attached hydrogen (secondary N) is 1. The highest BCUT2D eigenvalue weighted by Crippen LogP contribution is 2.09. The first-order valence-electron chi connectivity index (χ1n) is 3.45. The van der Waals surface area contributed by atoms with Gasteiger partial charge in [-0.05, 0) is 13.0 Å². The minimum atomic E-state index is 0.0757. The molecule has 0 aromatic rings. The van der Waals surface area contributed by atoms with Crippen LogP contribution in [0.3, 0.4) is 0 Å². The summed E-state index contributed by atoms with van der Waals surface area (Å²) in [5, 5.41) is 11.3. The van der Waals surface area contributed by atoms with Crippen LogP contribution >= 0.6 is 0 Å². The van der Waals surface area contributed by atoms with Crippen molar-refractivity contribution in [2.24, 2.45) is 5.92 Å². The van der Waals surface area contributed by atoms with Gasteiger partial charge in [-0.15, -0.1) is 0 Å². The van der Waals surface area contributed by atoms with E-state index in [1.54, 1.807) is 0 Å². The van der Waals surface area contributed by atoms with Crippen LogP contribution in [0.1, 0.15) is 12.8 Å². The average Bonchev–Trinajstić information content (AvgIpc) is 2.38. The summed E-state index contributed by atoms with van der Waals surface area (Å²) in [5.74, 6) is 0.201. The fourth-order valence-electron chi connectivity index (χ4n) is 1.15. The van der Waals surface area contributed by atoms with Crippen LogP contribution in [-0.4, -0.2) is 18.9 Å². The van der Waals surface area contributed by atoms with Gasteiger partial charge < -0.3 is 5.32 Å². The molecule has 1 fully saturated rings. The molecule has 0 aliphatic carbocycles. The van der Waals surface area contributed by atoms with Crippen molar-refractivity contribution in [2.45, 2.75) is 12.8 Å². The van der Waals surface area contributed by atoms with Crippen LogP contribution in [0.2, 0.25) is 0 Å². The molecule has 1 heterocycles. The maximum atomic E-state index is 11.0. The quantitative estimate of drug-likeness (QED) is 0.588. The van der Waals surface area contributed by atoms with Crippen molar-refractivity contribution in [3.63, 3.8) is 0 Å². The van der Waals surface area contributed by atoms with Gasteiger partial charge in [-0.3, -0.25) is 4.79 Å². The van der Waals surface area contributed by atoms with Gasteiger partial charge in [0, 0.05) is 12.5 Å². The lowest BCUT2D eigenvalue weighted by Crippen LogP contribution is -2.16. The summed E-state index contributed by atoms with van der Waals surface area (Å²) in [6.07, 6.45) is 0.979. The van der Waals surface area contributed by atoms with Crippen molar-refractivity contribution in [3.05, 3.63) is 0 Å². The maximum Gasteiger partial charge on any atom is 0.151 e. The topological polar surface area (TPSA) is 52.9 Å². The summed E-state index contributed by atoms with van der Waals surface area (Å²) in [7, 11) is 0. The van der Waals surface area contributed by atoms with Crippen LogP contribution in [0, 0.1) is 17.2 Å². The van der Waals surface area contributed by atoms with E-state index in [-0.39, 0.29) is 18.1 Å². The Labute approximate surface area is 60.0 Å². The molecule has 1 unspecified atom stereocenters. The van der Waals surface area contributed by atoms with E-state index in [4.69, 9.17) is 5.26 Å². The van der Waals surface area contributed by atoms with Crippen molar-refractivity contribution in [1.29, 1.82) is 5.26 Å². The Morgan fingerprint density at radius 3 is 3.10 bits per heavy atom. The van der Waals surface area contributed by atoms with E-state index in [9.17, 15) is 4.79 Å². The number of hydrogen-bond acceptors (Lipinski definition) is 3. The largest absolute Gasteiger partial charge is 0.316 e. The first-order valence-corrected chi connectivity index (χ1v) is 3.45. The van der Waals surface area contributed by atoms with E-state index in [1.165, 1.54) is 0 Å². The van der Waals surface area contributed by atoms with Crippen molar-refractivity contribution < 1.29 is 4.79 Å². The third kappa shape index (κ3) is 1.55. The summed E-state index contributed by atoms with van der Waals surface area (Å²) in [6, 6.07) is 1.87. The third-order valence-corrected chi connectivity index (χ3v) is 1.77. The predicted octanol–water partition coefficient (Wildman–Crippen LogP) is 0.0787. The van der Waals surface area contributed by atoms with Gasteiger partial charge >= 0.3 is 0 Å². The van der Waals surface area contributed by atoms with Gasteiger partial charge in [0.05, 0.1) is 12.5 Å². The molecular formula is C7H10N2O. The minimum absolute atomic E-state index is 0.0757. The average molecular weight is 138 g/mol. The fraction of sp³-hybridized carbons (Fsp3) is 0.714. The molecule has 0 aromatic carbocycles. The lowest BCUT2D eigenvalue weighted by Gasteiger charge is -2.00. The Morgan fingerprint density at radius 2 is 2.60 bits per heavy atom. The maximum absolute atomic E-state index is 11.0. The molecule has 1 atom stereocenters. The number of carbonyl (C=O) groups excluding carboxylic acids is 1. The van der Waals surface area contributed by atoms with Crippen molar-refractivity contribution in [3.8, 4) is 6.07 Å². The van der Waals surface area contributed by atoms with E-state index in [0.717, 1.165) is 19.5 Å². The van der Waals surface area contributed by atoms with E-state index in [1.807, 2.05) is 6.07 Å². The molecular weight excluding hydrogens is 128 g/mol. The van der Waals surface area contributed by atoms with Crippen molar-refractivity contribution >= 4 is 5.78 Å². The van der Waals surface area contributed by atoms with E-state index < -0.39 is 0 Å².